The number of aromatic nitrogens is 2. The van der Waals surface area contributed by atoms with Gasteiger partial charge < -0.3 is 5.11 Å². The third kappa shape index (κ3) is 3.17. The molecule has 1 aromatic heterocycles. The molecule has 1 atom stereocenters. The van der Waals surface area contributed by atoms with E-state index in [4.69, 9.17) is 0 Å². The molecule has 1 N–H and O–H groups in total. The van der Waals surface area contributed by atoms with Crippen molar-refractivity contribution in [2.24, 2.45) is 0 Å². The van der Waals surface area contributed by atoms with Crippen LogP contribution < -0.4 is 0 Å². The van der Waals surface area contributed by atoms with Gasteiger partial charge in [0.2, 0.25) is 0 Å². The quantitative estimate of drug-likeness (QED) is 0.857. The molecule has 2 rings (SSSR count). The molecule has 17 heavy (non-hydrogen) atoms. The van der Waals surface area contributed by atoms with Crippen LogP contribution in [0.4, 0.5) is 0 Å². The lowest BCUT2D eigenvalue weighted by Crippen LogP contribution is -1.99. The van der Waals surface area contributed by atoms with Gasteiger partial charge in [-0.05, 0) is 25.3 Å². The molecule has 0 bridgehead atoms. The lowest BCUT2D eigenvalue weighted by molar-refractivity contribution is 0.167. The van der Waals surface area contributed by atoms with Crippen molar-refractivity contribution in [3.05, 3.63) is 53.9 Å². The summed E-state index contributed by atoms with van der Waals surface area (Å²) in [6, 6.07) is 10.2. The van der Waals surface area contributed by atoms with Crippen LogP contribution in [0.5, 0.6) is 0 Å². The zero-order valence-corrected chi connectivity index (χ0v) is 10.1. The van der Waals surface area contributed by atoms with Gasteiger partial charge in [-0.2, -0.15) is 5.10 Å². The molecular formula is C14H18N2O. The number of aliphatic hydroxyl groups excluding tert-OH is 1. The van der Waals surface area contributed by atoms with Crippen LogP contribution in [0, 0.1) is 0 Å². The molecule has 1 aromatic carbocycles. The maximum atomic E-state index is 10.0. The Morgan fingerprint density at radius 1 is 1.29 bits per heavy atom. The van der Waals surface area contributed by atoms with Gasteiger partial charge in [0.05, 0.1) is 12.3 Å². The Balaban J connectivity index is 1.91. The van der Waals surface area contributed by atoms with Crippen LogP contribution in [0.15, 0.2) is 42.7 Å². The fraction of sp³-hybridized carbons (Fsp3) is 0.357. The molecule has 0 saturated heterocycles. The van der Waals surface area contributed by atoms with Crippen LogP contribution in [0.25, 0.3) is 0 Å². The van der Waals surface area contributed by atoms with Crippen LogP contribution in [0.3, 0.4) is 0 Å². The van der Waals surface area contributed by atoms with Crippen molar-refractivity contribution in [1.82, 2.24) is 9.78 Å². The number of rotatable bonds is 5. The molecule has 0 aliphatic carbocycles. The number of aliphatic hydroxyl groups is 1. The standard InChI is InChI=1S/C14H18N2O/c1-2-16-11-13(10-15-16)14(17)9-8-12-6-4-3-5-7-12/h3-7,10-11,14,17H,2,8-9H2,1H3. The fourth-order valence-electron chi connectivity index (χ4n) is 1.84. The van der Waals surface area contributed by atoms with E-state index in [0.29, 0.717) is 0 Å². The normalized spacial score (nSPS) is 12.6. The van der Waals surface area contributed by atoms with E-state index in [9.17, 15) is 5.11 Å². The summed E-state index contributed by atoms with van der Waals surface area (Å²) in [5.41, 5.74) is 2.16. The number of benzene rings is 1. The smallest absolute Gasteiger partial charge is 0.0823 e. The van der Waals surface area contributed by atoms with Crippen LogP contribution in [0.2, 0.25) is 0 Å². The predicted octanol–water partition coefficient (Wildman–Crippen LogP) is 2.57. The third-order valence-corrected chi connectivity index (χ3v) is 2.91. The van der Waals surface area contributed by atoms with Crippen LogP contribution in [-0.2, 0) is 13.0 Å². The maximum absolute atomic E-state index is 10.0. The summed E-state index contributed by atoms with van der Waals surface area (Å²) >= 11 is 0. The third-order valence-electron chi connectivity index (χ3n) is 2.91. The van der Waals surface area contributed by atoms with Gasteiger partial charge in [-0.1, -0.05) is 30.3 Å². The van der Waals surface area contributed by atoms with Crippen LogP contribution in [-0.4, -0.2) is 14.9 Å². The van der Waals surface area contributed by atoms with Crippen molar-refractivity contribution in [2.75, 3.05) is 0 Å². The molecule has 2 aromatic rings. The van der Waals surface area contributed by atoms with Gasteiger partial charge in [0.1, 0.15) is 0 Å². The van der Waals surface area contributed by atoms with Crippen LogP contribution >= 0.6 is 0 Å². The highest BCUT2D eigenvalue weighted by Gasteiger charge is 2.09. The summed E-state index contributed by atoms with van der Waals surface area (Å²) in [7, 11) is 0. The first-order valence-electron chi connectivity index (χ1n) is 6.04. The van der Waals surface area contributed by atoms with Gasteiger partial charge in [-0.3, -0.25) is 4.68 Å². The van der Waals surface area contributed by atoms with Crippen molar-refractivity contribution >= 4 is 0 Å². The second-order valence-electron chi connectivity index (χ2n) is 4.17. The second-order valence-corrected chi connectivity index (χ2v) is 4.17. The van der Waals surface area contributed by atoms with E-state index in [0.717, 1.165) is 24.9 Å². The minimum Gasteiger partial charge on any atom is -0.388 e. The van der Waals surface area contributed by atoms with E-state index in [2.05, 4.69) is 17.2 Å². The van der Waals surface area contributed by atoms with Crippen molar-refractivity contribution < 1.29 is 5.11 Å². The summed E-state index contributed by atoms with van der Waals surface area (Å²) in [6.45, 7) is 2.87. The average Bonchev–Trinajstić information content (AvgIpc) is 2.86. The number of nitrogens with zero attached hydrogens (tertiary/aromatic N) is 2. The number of hydrogen-bond donors (Lipinski definition) is 1. The van der Waals surface area contributed by atoms with Crippen molar-refractivity contribution in [1.29, 1.82) is 0 Å². The van der Waals surface area contributed by atoms with Gasteiger partial charge in [0.15, 0.2) is 0 Å². The molecule has 1 heterocycles. The SMILES string of the molecule is CCn1cc(C(O)CCc2ccccc2)cn1. The predicted molar refractivity (Wildman–Crippen MR) is 67.6 cm³/mol. The molecule has 3 heteroatoms. The van der Waals surface area contributed by atoms with E-state index in [1.807, 2.05) is 36.0 Å². The molecule has 3 nitrogen and oxygen atoms in total. The summed E-state index contributed by atoms with van der Waals surface area (Å²) in [6.07, 6.45) is 4.86. The molecule has 0 amide bonds. The van der Waals surface area contributed by atoms with E-state index < -0.39 is 6.10 Å². The van der Waals surface area contributed by atoms with Gasteiger partial charge in [0.25, 0.3) is 0 Å². The first-order valence-corrected chi connectivity index (χ1v) is 6.04. The summed E-state index contributed by atoms with van der Waals surface area (Å²) in [5.74, 6) is 0. The zero-order valence-electron chi connectivity index (χ0n) is 10.1. The van der Waals surface area contributed by atoms with E-state index in [1.54, 1.807) is 6.20 Å². The van der Waals surface area contributed by atoms with E-state index >= 15 is 0 Å². The molecule has 0 radical (unpaired) electrons. The lowest BCUT2D eigenvalue weighted by atomic mass is 10.0. The van der Waals surface area contributed by atoms with E-state index in [-0.39, 0.29) is 0 Å². The molecule has 0 aliphatic heterocycles. The topological polar surface area (TPSA) is 38.0 Å². The Morgan fingerprint density at radius 3 is 2.71 bits per heavy atom. The van der Waals surface area contributed by atoms with Crippen molar-refractivity contribution in [3.63, 3.8) is 0 Å². The van der Waals surface area contributed by atoms with Gasteiger partial charge in [0, 0.05) is 18.3 Å². The number of aryl methyl sites for hydroxylation is 2. The maximum Gasteiger partial charge on any atom is 0.0823 e. The summed E-state index contributed by atoms with van der Waals surface area (Å²) in [5, 5.41) is 14.2. The fourth-order valence-corrected chi connectivity index (χ4v) is 1.84. The molecule has 0 spiro atoms. The average molecular weight is 230 g/mol. The molecule has 1 unspecified atom stereocenters. The first-order chi connectivity index (χ1) is 8.29. The Labute approximate surface area is 102 Å². The Morgan fingerprint density at radius 2 is 2.06 bits per heavy atom. The minimum absolute atomic E-state index is 0.421. The largest absolute Gasteiger partial charge is 0.388 e. The molecule has 0 saturated carbocycles. The van der Waals surface area contributed by atoms with Crippen molar-refractivity contribution in [3.8, 4) is 0 Å². The van der Waals surface area contributed by atoms with Crippen molar-refractivity contribution in [2.45, 2.75) is 32.4 Å². The number of hydrogen-bond acceptors (Lipinski definition) is 2. The van der Waals surface area contributed by atoms with E-state index in [1.165, 1.54) is 5.56 Å². The Kier molecular flexibility index (Phi) is 3.94. The molecule has 0 aliphatic rings. The Hall–Kier alpha value is -1.61. The van der Waals surface area contributed by atoms with Crippen LogP contribution in [0.1, 0.15) is 30.6 Å². The first kappa shape index (κ1) is 11.9. The van der Waals surface area contributed by atoms with Gasteiger partial charge in [-0.25, -0.2) is 0 Å². The second kappa shape index (κ2) is 5.64. The highest BCUT2D eigenvalue weighted by molar-refractivity contribution is 5.16. The summed E-state index contributed by atoms with van der Waals surface area (Å²) < 4.78 is 1.83. The monoisotopic (exact) mass is 230 g/mol. The zero-order chi connectivity index (χ0) is 12.1. The molecule has 90 valence electrons. The van der Waals surface area contributed by atoms with Gasteiger partial charge >= 0.3 is 0 Å². The molecular weight excluding hydrogens is 212 g/mol. The van der Waals surface area contributed by atoms with Gasteiger partial charge in [-0.15, -0.1) is 0 Å². The highest BCUT2D eigenvalue weighted by atomic mass is 16.3. The highest BCUT2D eigenvalue weighted by Crippen LogP contribution is 2.18. The Bertz CT molecular complexity index is 450. The minimum atomic E-state index is -0.421. The lowest BCUT2D eigenvalue weighted by Gasteiger charge is -2.07. The summed E-state index contributed by atoms with van der Waals surface area (Å²) in [4.78, 5) is 0. The molecule has 0 fully saturated rings.